The molecule has 1 rings (SSSR count). The molecule has 0 aliphatic carbocycles. The van der Waals surface area contributed by atoms with Gasteiger partial charge in [0.2, 0.25) is 11.8 Å². The number of carbonyl (C=O) groups is 2. The van der Waals surface area contributed by atoms with Crippen molar-refractivity contribution >= 4 is 11.8 Å². The minimum absolute atomic E-state index is 0.0180. The van der Waals surface area contributed by atoms with Crippen molar-refractivity contribution < 1.29 is 9.59 Å². The third kappa shape index (κ3) is 5.48. The zero-order valence-electron chi connectivity index (χ0n) is 11.3. The maximum Gasteiger partial charge on any atom is 0.229 e. The fourth-order valence-corrected chi connectivity index (χ4v) is 2.31. The summed E-state index contributed by atoms with van der Waals surface area (Å²) in [5.41, 5.74) is 0. The van der Waals surface area contributed by atoms with Crippen molar-refractivity contribution in [1.82, 2.24) is 4.90 Å². The molecule has 18 heavy (non-hydrogen) atoms. The Bertz CT molecular complexity index is 270. The average molecular weight is 251 g/mol. The number of imide groups is 1. The molecule has 0 spiro atoms. The Labute approximate surface area is 110 Å². The van der Waals surface area contributed by atoms with Crippen LogP contribution in [0.15, 0.2) is 12.7 Å². The predicted octanol–water partition coefficient (Wildman–Crippen LogP) is 3.44. The minimum Gasteiger partial charge on any atom is -0.283 e. The van der Waals surface area contributed by atoms with Gasteiger partial charge in [0.15, 0.2) is 0 Å². The lowest BCUT2D eigenvalue weighted by molar-refractivity contribution is -0.138. The van der Waals surface area contributed by atoms with Gasteiger partial charge < -0.3 is 0 Å². The number of nitrogens with zero attached hydrogens (tertiary/aromatic N) is 1. The van der Waals surface area contributed by atoms with Gasteiger partial charge in [-0.3, -0.25) is 14.5 Å². The Morgan fingerprint density at radius 1 is 0.889 bits per heavy atom. The molecule has 0 saturated carbocycles. The van der Waals surface area contributed by atoms with E-state index in [1.54, 1.807) is 0 Å². The second-order valence-electron chi connectivity index (χ2n) is 4.99. The maximum absolute atomic E-state index is 11.3. The summed E-state index contributed by atoms with van der Waals surface area (Å²) in [6.07, 6.45) is 12.3. The first-order valence-electron chi connectivity index (χ1n) is 7.20. The molecule has 1 heterocycles. The molecule has 0 unspecified atom stereocenters. The Balaban J connectivity index is 1.91. The van der Waals surface area contributed by atoms with E-state index in [4.69, 9.17) is 0 Å². The molecule has 3 nitrogen and oxygen atoms in total. The summed E-state index contributed by atoms with van der Waals surface area (Å²) < 4.78 is 0. The Kier molecular flexibility index (Phi) is 7.38. The number of unbranched alkanes of at least 4 members (excludes halogenated alkanes) is 7. The van der Waals surface area contributed by atoms with Crippen LogP contribution in [-0.4, -0.2) is 23.3 Å². The highest BCUT2D eigenvalue weighted by Crippen LogP contribution is 2.14. The fraction of sp³-hybridized carbons (Fsp3) is 0.733. The second-order valence-corrected chi connectivity index (χ2v) is 4.99. The molecule has 2 amide bonds. The summed E-state index contributed by atoms with van der Waals surface area (Å²) in [6, 6.07) is 0. The highest BCUT2D eigenvalue weighted by Gasteiger charge is 2.27. The van der Waals surface area contributed by atoms with E-state index in [9.17, 15) is 9.59 Å². The molecular formula is C15H25NO2. The summed E-state index contributed by atoms with van der Waals surface area (Å²) in [6.45, 7) is 4.34. The molecule has 1 aliphatic rings. The van der Waals surface area contributed by atoms with E-state index in [2.05, 4.69) is 6.58 Å². The first kappa shape index (κ1) is 14.9. The van der Waals surface area contributed by atoms with Gasteiger partial charge in [-0.25, -0.2) is 0 Å². The van der Waals surface area contributed by atoms with E-state index in [0.29, 0.717) is 19.4 Å². The molecule has 3 heteroatoms. The van der Waals surface area contributed by atoms with E-state index in [1.807, 2.05) is 6.08 Å². The van der Waals surface area contributed by atoms with Gasteiger partial charge in [-0.15, -0.1) is 6.58 Å². The molecule has 1 aliphatic heterocycles. The summed E-state index contributed by atoms with van der Waals surface area (Å²) in [7, 11) is 0. The first-order valence-corrected chi connectivity index (χ1v) is 7.20. The van der Waals surface area contributed by atoms with Crippen LogP contribution in [0.5, 0.6) is 0 Å². The molecule has 0 aromatic rings. The van der Waals surface area contributed by atoms with Gasteiger partial charge in [0.1, 0.15) is 0 Å². The topological polar surface area (TPSA) is 37.4 Å². The van der Waals surface area contributed by atoms with Crippen LogP contribution in [0.2, 0.25) is 0 Å². The number of rotatable bonds is 10. The van der Waals surface area contributed by atoms with Crippen LogP contribution in [0.25, 0.3) is 0 Å². The van der Waals surface area contributed by atoms with Crippen molar-refractivity contribution in [3.8, 4) is 0 Å². The molecule has 0 aromatic carbocycles. The van der Waals surface area contributed by atoms with Crippen molar-refractivity contribution in [2.24, 2.45) is 0 Å². The Morgan fingerprint density at radius 2 is 1.39 bits per heavy atom. The van der Waals surface area contributed by atoms with Crippen molar-refractivity contribution in [2.45, 2.75) is 64.2 Å². The molecule has 0 radical (unpaired) electrons. The summed E-state index contributed by atoms with van der Waals surface area (Å²) in [5.74, 6) is 0.0360. The monoisotopic (exact) mass is 251 g/mol. The van der Waals surface area contributed by atoms with Gasteiger partial charge in [-0.05, 0) is 19.3 Å². The first-order chi connectivity index (χ1) is 8.75. The van der Waals surface area contributed by atoms with Crippen LogP contribution in [0.4, 0.5) is 0 Å². The number of amides is 2. The van der Waals surface area contributed by atoms with Gasteiger partial charge in [-0.1, -0.05) is 38.2 Å². The normalized spacial score (nSPS) is 15.4. The number of carbonyl (C=O) groups excluding carboxylic acids is 2. The summed E-state index contributed by atoms with van der Waals surface area (Å²) >= 11 is 0. The maximum atomic E-state index is 11.3. The second kappa shape index (κ2) is 8.90. The van der Waals surface area contributed by atoms with E-state index in [0.717, 1.165) is 19.3 Å². The van der Waals surface area contributed by atoms with E-state index in [1.165, 1.54) is 37.0 Å². The highest BCUT2D eigenvalue weighted by atomic mass is 16.2. The molecule has 0 atom stereocenters. The third-order valence-corrected chi connectivity index (χ3v) is 3.44. The smallest absolute Gasteiger partial charge is 0.229 e. The zero-order chi connectivity index (χ0) is 13.2. The largest absolute Gasteiger partial charge is 0.283 e. The predicted molar refractivity (Wildman–Crippen MR) is 73.1 cm³/mol. The molecule has 1 saturated heterocycles. The Morgan fingerprint density at radius 3 is 1.94 bits per heavy atom. The molecule has 0 aromatic heterocycles. The van der Waals surface area contributed by atoms with Crippen LogP contribution >= 0.6 is 0 Å². The zero-order valence-corrected chi connectivity index (χ0v) is 11.3. The van der Waals surface area contributed by atoms with E-state index < -0.39 is 0 Å². The number of hydrogen-bond donors (Lipinski definition) is 0. The third-order valence-electron chi connectivity index (χ3n) is 3.44. The van der Waals surface area contributed by atoms with Crippen molar-refractivity contribution in [3.63, 3.8) is 0 Å². The lowest BCUT2D eigenvalue weighted by Crippen LogP contribution is -2.29. The van der Waals surface area contributed by atoms with Gasteiger partial charge in [0.25, 0.3) is 0 Å². The highest BCUT2D eigenvalue weighted by molar-refractivity contribution is 6.01. The van der Waals surface area contributed by atoms with Crippen LogP contribution in [0, 0.1) is 0 Å². The summed E-state index contributed by atoms with van der Waals surface area (Å²) in [5, 5.41) is 0. The van der Waals surface area contributed by atoms with Gasteiger partial charge in [-0.2, -0.15) is 0 Å². The van der Waals surface area contributed by atoms with E-state index in [-0.39, 0.29) is 11.8 Å². The minimum atomic E-state index is 0.0180. The van der Waals surface area contributed by atoms with Gasteiger partial charge in [0, 0.05) is 19.4 Å². The number of likely N-dealkylation sites (tertiary alicyclic amines) is 1. The van der Waals surface area contributed by atoms with Crippen LogP contribution in [0.3, 0.4) is 0 Å². The molecule has 0 bridgehead atoms. The van der Waals surface area contributed by atoms with Crippen molar-refractivity contribution in [3.05, 3.63) is 12.7 Å². The van der Waals surface area contributed by atoms with E-state index >= 15 is 0 Å². The number of hydrogen-bond acceptors (Lipinski definition) is 2. The fourth-order valence-electron chi connectivity index (χ4n) is 2.31. The molecule has 102 valence electrons. The van der Waals surface area contributed by atoms with Crippen molar-refractivity contribution in [1.29, 1.82) is 0 Å². The Hall–Kier alpha value is -1.12. The average Bonchev–Trinajstić information content (AvgIpc) is 2.68. The van der Waals surface area contributed by atoms with Crippen LogP contribution < -0.4 is 0 Å². The van der Waals surface area contributed by atoms with Crippen molar-refractivity contribution in [2.75, 3.05) is 6.54 Å². The number of allylic oxidation sites excluding steroid dienone is 1. The molecule has 1 fully saturated rings. The SMILES string of the molecule is C=CCCCCCCCCCN1C(=O)CCC1=O. The molecular weight excluding hydrogens is 226 g/mol. The quantitative estimate of drug-likeness (QED) is 0.339. The van der Waals surface area contributed by atoms with Gasteiger partial charge >= 0.3 is 0 Å². The lowest BCUT2D eigenvalue weighted by atomic mass is 10.1. The van der Waals surface area contributed by atoms with Crippen LogP contribution in [0.1, 0.15) is 64.2 Å². The molecule has 0 N–H and O–H groups in total. The van der Waals surface area contributed by atoms with Crippen LogP contribution in [-0.2, 0) is 9.59 Å². The standard InChI is InChI=1S/C15H25NO2/c1-2-3-4-5-6-7-8-9-10-13-16-14(17)11-12-15(16)18/h2H,1,3-13H2. The summed E-state index contributed by atoms with van der Waals surface area (Å²) in [4.78, 5) is 24.1. The lowest BCUT2D eigenvalue weighted by Gasteiger charge is -2.12. The van der Waals surface area contributed by atoms with Gasteiger partial charge in [0.05, 0.1) is 0 Å².